The number of hydrogen-bond donors (Lipinski definition) is 0. The maximum absolute atomic E-state index is 5.40. The molecule has 1 aromatic carbocycles. The molecule has 6 heteroatoms. The first kappa shape index (κ1) is 24.3. The number of likely N-dealkylation sites (tertiary alicyclic amines) is 1. The minimum absolute atomic E-state index is 0.377. The van der Waals surface area contributed by atoms with Crippen molar-refractivity contribution < 1.29 is 0 Å². The number of aliphatic imine (C=N–C) groups is 1. The Kier molecular flexibility index (Phi) is 6.60. The summed E-state index contributed by atoms with van der Waals surface area (Å²) in [5, 5.41) is 5.18. The number of benzene rings is 1. The average molecular weight is 497 g/mol. The first-order valence-electron chi connectivity index (χ1n) is 14.3. The SMILES string of the molecule is Cc1ccc2nc(C)c(-c3cc4n(n3)C(=NC3CCC(C)CC3)/C=C(/N3CCCC3)C(C)CC4)nc2c1. The molecular formula is C31H40N6. The fourth-order valence-electron chi connectivity index (χ4n) is 6.28. The molecule has 194 valence electrons. The molecule has 6 rings (SSSR count). The number of nitrogens with zero attached hydrogens (tertiary/aromatic N) is 6. The van der Waals surface area contributed by atoms with Crippen LogP contribution in [0.1, 0.15) is 75.7 Å². The summed E-state index contributed by atoms with van der Waals surface area (Å²) in [4.78, 5) is 17.9. The van der Waals surface area contributed by atoms with Crippen molar-refractivity contribution in [2.45, 2.75) is 85.1 Å². The Labute approximate surface area is 220 Å². The van der Waals surface area contributed by atoms with Crippen molar-refractivity contribution in [3.05, 3.63) is 53.0 Å². The summed E-state index contributed by atoms with van der Waals surface area (Å²) in [6.45, 7) is 11.2. The number of aryl methyl sites for hydroxylation is 3. The van der Waals surface area contributed by atoms with E-state index in [4.69, 9.17) is 20.1 Å². The molecule has 0 N–H and O–H groups in total. The van der Waals surface area contributed by atoms with Crippen LogP contribution in [-0.2, 0) is 6.42 Å². The van der Waals surface area contributed by atoms with Crippen LogP contribution in [0.2, 0.25) is 0 Å². The fraction of sp³-hybridized carbons (Fsp3) is 0.548. The molecule has 1 saturated heterocycles. The van der Waals surface area contributed by atoms with Gasteiger partial charge in [0.05, 0.1) is 22.8 Å². The maximum Gasteiger partial charge on any atom is 0.151 e. The van der Waals surface area contributed by atoms with Crippen LogP contribution in [0.4, 0.5) is 0 Å². The quantitative estimate of drug-likeness (QED) is 0.415. The van der Waals surface area contributed by atoms with E-state index >= 15 is 0 Å². The van der Waals surface area contributed by atoms with E-state index in [1.807, 2.05) is 6.92 Å². The van der Waals surface area contributed by atoms with Crippen LogP contribution in [0.3, 0.4) is 0 Å². The number of rotatable bonds is 3. The topological polar surface area (TPSA) is 59.2 Å². The number of allylic oxidation sites excluding steroid dienone is 2. The summed E-state index contributed by atoms with van der Waals surface area (Å²) in [5.41, 5.74) is 8.43. The van der Waals surface area contributed by atoms with Gasteiger partial charge in [-0.2, -0.15) is 5.10 Å². The van der Waals surface area contributed by atoms with Gasteiger partial charge in [0.15, 0.2) is 5.84 Å². The van der Waals surface area contributed by atoms with Crippen molar-refractivity contribution in [1.29, 1.82) is 0 Å². The minimum atomic E-state index is 0.377. The van der Waals surface area contributed by atoms with Crippen LogP contribution < -0.4 is 0 Å². The lowest BCUT2D eigenvalue weighted by molar-refractivity contribution is 0.347. The van der Waals surface area contributed by atoms with E-state index in [0.29, 0.717) is 12.0 Å². The summed E-state index contributed by atoms with van der Waals surface area (Å²) in [5.74, 6) is 2.33. The first-order chi connectivity index (χ1) is 17.9. The lowest BCUT2D eigenvalue weighted by atomic mass is 9.88. The number of hydrogen-bond acceptors (Lipinski definition) is 5. The zero-order chi connectivity index (χ0) is 25.5. The normalized spacial score (nSPS) is 27.1. The third-order valence-corrected chi connectivity index (χ3v) is 8.62. The molecule has 3 aliphatic rings. The van der Waals surface area contributed by atoms with E-state index in [-0.39, 0.29) is 0 Å². The highest BCUT2D eigenvalue weighted by Gasteiger charge is 2.27. The van der Waals surface area contributed by atoms with Gasteiger partial charge in [-0.15, -0.1) is 0 Å². The smallest absolute Gasteiger partial charge is 0.151 e. The summed E-state index contributed by atoms with van der Waals surface area (Å²) in [7, 11) is 0. The van der Waals surface area contributed by atoms with Gasteiger partial charge in [-0.05, 0) is 101 Å². The largest absolute Gasteiger partial charge is 0.374 e. The molecule has 2 aliphatic heterocycles. The molecule has 4 heterocycles. The van der Waals surface area contributed by atoms with Crippen LogP contribution in [0.5, 0.6) is 0 Å². The van der Waals surface area contributed by atoms with Gasteiger partial charge in [0, 0.05) is 30.6 Å². The second-order valence-electron chi connectivity index (χ2n) is 11.7. The molecule has 2 aromatic heterocycles. The van der Waals surface area contributed by atoms with E-state index in [9.17, 15) is 0 Å². The zero-order valence-electron chi connectivity index (χ0n) is 22.9. The third-order valence-electron chi connectivity index (χ3n) is 8.62. The predicted molar refractivity (Wildman–Crippen MR) is 151 cm³/mol. The maximum atomic E-state index is 5.40. The lowest BCUT2D eigenvalue weighted by Gasteiger charge is -2.29. The van der Waals surface area contributed by atoms with Crippen LogP contribution in [0, 0.1) is 25.7 Å². The molecule has 0 radical (unpaired) electrons. The van der Waals surface area contributed by atoms with E-state index in [0.717, 1.165) is 65.8 Å². The highest BCUT2D eigenvalue weighted by Crippen LogP contribution is 2.31. The molecule has 0 spiro atoms. The molecule has 3 aromatic rings. The second-order valence-corrected chi connectivity index (χ2v) is 11.7. The minimum Gasteiger partial charge on any atom is -0.374 e. The molecule has 0 bridgehead atoms. The van der Waals surface area contributed by atoms with E-state index in [2.05, 4.69) is 60.7 Å². The van der Waals surface area contributed by atoms with Crippen molar-refractivity contribution in [3.8, 4) is 11.4 Å². The number of aromatic nitrogens is 4. The molecule has 1 atom stereocenters. The van der Waals surface area contributed by atoms with Crippen molar-refractivity contribution >= 4 is 16.9 Å². The second kappa shape index (κ2) is 10.0. The van der Waals surface area contributed by atoms with Gasteiger partial charge in [-0.1, -0.05) is 19.9 Å². The summed E-state index contributed by atoms with van der Waals surface area (Å²) < 4.78 is 2.14. The molecular weight excluding hydrogens is 456 g/mol. The standard InChI is InChI=1S/C31H40N6/c1-20-7-11-24(12-8-20)33-30-19-29(36-15-5-6-16-36)22(3)10-13-25-18-28(35-37(25)30)31-23(4)32-26-14-9-21(2)17-27(26)34-31/h9,14,17-20,22,24H,5-8,10-13,15-16H2,1-4H3/b29-19+,33-30?. The van der Waals surface area contributed by atoms with Gasteiger partial charge in [0.2, 0.25) is 0 Å². The molecule has 1 saturated carbocycles. The average Bonchev–Trinajstić information content (AvgIpc) is 3.56. The molecule has 1 unspecified atom stereocenters. The van der Waals surface area contributed by atoms with Gasteiger partial charge in [-0.3, -0.25) is 4.99 Å². The van der Waals surface area contributed by atoms with E-state index < -0.39 is 0 Å². The van der Waals surface area contributed by atoms with Crippen molar-refractivity contribution in [3.63, 3.8) is 0 Å². The van der Waals surface area contributed by atoms with Crippen molar-refractivity contribution in [1.82, 2.24) is 24.6 Å². The molecule has 2 fully saturated rings. The summed E-state index contributed by atoms with van der Waals surface area (Å²) in [6.07, 6.45) is 11.9. The number of fused-ring (bicyclic) bond motifs is 2. The monoisotopic (exact) mass is 496 g/mol. The molecule has 37 heavy (non-hydrogen) atoms. The van der Waals surface area contributed by atoms with E-state index in [1.165, 1.54) is 55.5 Å². The first-order valence-corrected chi connectivity index (χ1v) is 14.3. The Morgan fingerprint density at radius 2 is 1.68 bits per heavy atom. The van der Waals surface area contributed by atoms with Crippen LogP contribution >= 0.6 is 0 Å². The van der Waals surface area contributed by atoms with Crippen molar-refractivity contribution in [2.75, 3.05) is 13.1 Å². The van der Waals surface area contributed by atoms with Gasteiger partial charge in [0.25, 0.3) is 0 Å². The third kappa shape index (κ3) is 4.95. The highest BCUT2D eigenvalue weighted by atomic mass is 15.3. The van der Waals surface area contributed by atoms with E-state index in [1.54, 1.807) is 0 Å². The molecule has 6 nitrogen and oxygen atoms in total. The highest BCUT2D eigenvalue weighted by molar-refractivity contribution is 5.96. The fourth-order valence-corrected chi connectivity index (χ4v) is 6.28. The van der Waals surface area contributed by atoms with Gasteiger partial charge in [-0.25, -0.2) is 14.6 Å². The van der Waals surface area contributed by atoms with Gasteiger partial charge < -0.3 is 4.90 Å². The Morgan fingerprint density at radius 3 is 2.46 bits per heavy atom. The summed E-state index contributed by atoms with van der Waals surface area (Å²) in [6, 6.07) is 8.88. The Hall–Kier alpha value is -3.02. The lowest BCUT2D eigenvalue weighted by Crippen LogP contribution is -2.29. The Bertz CT molecular complexity index is 1350. The van der Waals surface area contributed by atoms with Gasteiger partial charge in [0.1, 0.15) is 11.4 Å². The Balaban J connectivity index is 1.45. The van der Waals surface area contributed by atoms with Crippen LogP contribution in [-0.4, -0.2) is 49.6 Å². The van der Waals surface area contributed by atoms with Crippen LogP contribution in [0.15, 0.2) is 41.0 Å². The molecule has 1 aliphatic carbocycles. The summed E-state index contributed by atoms with van der Waals surface area (Å²) >= 11 is 0. The van der Waals surface area contributed by atoms with Gasteiger partial charge >= 0.3 is 0 Å². The molecule has 0 amide bonds. The predicted octanol–water partition coefficient (Wildman–Crippen LogP) is 6.50. The Morgan fingerprint density at radius 1 is 0.892 bits per heavy atom. The zero-order valence-corrected chi connectivity index (χ0v) is 22.9. The van der Waals surface area contributed by atoms with Crippen molar-refractivity contribution in [2.24, 2.45) is 16.8 Å². The van der Waals surface area contributed by atoms with Crippen LogP contribution in [0.25, 0.3) is 22.4 Å².